The molecule has 8 heteroatoms. The first-order chi connectivity index (χ1) is 18.7. The van der Waals surface area contributed by atoms with Crippen molar-refractivity contribution in [2.45, 2.75) is 44.1 Å². The van der Waals surface area contributed by atoms with Gasteiger partial charge in [-0.05, 0) is 48.7 Å². The van der Waals surface area contributed by atoms with E-state index in [9.17, 15) is 0 Å². The van der Waals surface area contributed by atoms with Crippen molar-refractivity contribution in [3.8, 4) is 17.2 Å². The minimum Gasteiger partial charge on any atom is -0.493 e. The highest BCUT2D eigenvalue weighted by atomic mass is 32.2. The zero-order valence-electron chi connectivity index (χ0n) is 22.1. The molecule has 1 unspecified atom stereocenters. The van der Waals surface area contributed by atoms with E-state index in [1.54, 1.807) is 11.8 Å². The molecule has 0 N–H and O–H groups in total. The van der Waals surface area contributed by atoms with E-state index in [4.69, 9.17) is 18.6 Å². The zero-order valence-corrected chi connectivity index (χ0v) is 22.9. The molecule has 0 bridgehead atoms. The van der Waals surface area contributed by atoms with Gasteiger partial charge in [-0.1, -0.05) is 43.7 Å². The Morgan fingerprint density at radius 3 is 2.68 bits per heavy atom. The minimum absolute atomic E-state index is 0.399. The first-order valence-corrected chi connectivity index (χ1v) is 14.8. The van der Waals surface area contributed by atoms with Crippen LogP contribution >= 0.6 is 11.8 Å². The van der Waals surface area contributed by atoms with Crippen LogP contribution in [0.5, 0.6) is 5.75 Å². The van der Waals surface area contributed by atoms with Crippen LogP contribution in [0.25, 0.3) is 11.5 Å². The quantitative estimate of drug-likeness (QED) is 0.185. The summed E-state index contributed by atoms with van der Waals surface area (Å²) in [6, 6.07) is 18.3. The van der Waals surface area contributed by atoms with Crippen LogP contribution in [0.4, 0.5) is 5.69 Å². The maximum absolute atomic E-state index is 5.92. The predicted octanol–water partition coefficient (Wildman–Crippen LogP) is 6.36. The van der Waals surface area contributed by atoms with Crippen molar-refractivity contribution < 1.29 is 18.6 Å². The molecule has 3 aromatic rings. The van der Waals surface area contributed by atoms with Crippen LogP contribution < -0.4 is 9.64 Å². The summed E-state index contributed by atoms with van der Waals surface area (Å²) in [6.45, 7) is 6.31. The lowest BCUT2D eigenvalue weighted by molar-refractivity contribution is -0.159. The molecule has 3 heterocycles. The number of rotatable bonds is 13. The third-order valence-electron chi connectivity index (χ3n) is 6.92. The van der Waals surface area contributed by atoms with Gasteiger partial charge in [0.15, 0.2) is 5.79 Å². The Morgan fingerprint density at radius 2 is 1.89 bits per heavy atom. The van der Waals surface area contributed by atoms with Gasteiger partial charge in [-0.25, -0.2) is 0 Å². The van der Waals surface area contributed by atoms with Crippen molar-refractivity contribution in [1.82, 2.24) is 10.2 Å². The first kappa shape index (κ1) is 26.8. The molecular weight excluding hydrogens is 498 g/mol. The second kappa shape index (κ2) is 13.3. The summed E-state index contributed by atoms with van der Waals surface area (Å²) in [5.74, 6) is 3.76. The molecule has 0 aliphatic carbocycles. The number of hydrogen-bond acceptors (Lipinski definition) is 8. The van der Waals surface area contributed by atoms with Crippen LogP contribution in [0, 0.1) is 5.92 Å². The molecule has 0 saturated carbocycles. The first-order valence-electron chi connectivity index (χ1n) is 13.6. The third kappa shape index (κ3) is 7.18. The largest absolute Gasteiger partial charge is 0.493 e. The molecular formula is C30H37N3O4S. The van der Waals surface area contributed by atoms with Gasteiger partial charge in [0.1, 0.15) is 5.75 Å². The molecule has 7 nitrogen and oxygen atoms in total. The molecule has 2 aliphatic heterocycles. The normalized spacial score (nSPS) is 19.0. The molecule has 1 atom stereocenters. The van der Waals surface area contributed by atoms with Crippen molar-refractivity contribution in [3.05, 3.63) is 72.6 Å². The van der Waals surface area contributed by atoms with E-state index < -0.39 is 5.79 Å². The van der Waals surface area contributed by atoms with E-state index in [-0.39, 0.29) is 0 Å². The van der Waals surface area contributed by atoms with Crippen molar-refractivity contribution in [1.29, 1.82) is 0 Å². The molecule has 2 saturated heterocycles. The number of hydrogen-bond donors (Lipinski definition) is 0. The average molecular weight is 536 g/mol. The zero-order chi connectivity index (χ0) is 26.0. The molecule has 0 amide bonds. The summed E-state index contributed by atoms with van der Waals surface area (Å²) in [7, 11) is 0. The number of nitrogens with zero attached hydrogens (tertiary/aromatic N) is 3. The molecule has 202 valence electrons. The molecule has 38 heavy (non-hydrogen) atoms. The van der Waals surface area contributed by atoms with E-state index in [2.05, 4.69) is 58.4 Å². The Kier molecular flexibility index (Phi) is 9.38. The Morgan fingerprint density at radius 1 is 1.08 bits per heavy atom. The number of para-hydroxylation sites is 1. The molecule has 2 aliphatic rings. The van der Waals surface area contributed by atoms with E-state index in [0.29, 0.717) is 43.3 Å². The van der Waals surface area contributed by atoms with Crippen LogP contribution in [-0.4, -0.2) is 54.6 Å². The summed E-state index contributed by atoms with van der Waals surface area (Å²) >= 11 is 1.72. The van der Waals surface area contributed by atoms with Gasteiger partial charge in [0, 0.05) is 42.9 Å². The van der Waals surface area contributed by atoms with Crippen molar-refractivity contribution in [2.24, 2.45) is 5.92 Å². The minimum atomic E-state index is -0.399. The van der Waals surface area contributed by atoms with E-state index in [1.165, 1.54) is 5.69 Å². The highest BCUT2D eigenvalue weighted by molar-refractivity contribution is 7.98. The highest BCUT2D eigenvalue weighted by Crippen LogP contribution is 2.31. The predicted molar refractivity (Wildman–Crippen MR) is 151 cm³/mol. The van der Waals surface area contributed by atoms with Gasteiger partial charge in [0.2, 0.25) is 11.8 Å². The van der Waals surface area contributed by atoms with Gasteiger partial charge in [-0.2, -0.15) is 0 Å². The SMILES string of the molecule is CCCC1(C/C=C/C2CCN(c3ccc(-c4nnc(CSCCOc5ccccc5)o4)cc3)C2)OCCO1. The number of benzene rings is 2. The topological polar surface area (TPSA) is 69.9 Å². The van der Waals surface area contributed by atoms with Crippen molar-refractivity contribution in [3.63, 3.8) is 0 Å². The molecule has 5 rings (SSSR count). The van der Waals surface area contributed by atoms with Gasteiger partial charge < -0.3 is 23.5 Å². The van der Waals surface area contributed by atoms with Gasteiger partial charge in [0.25, 0.3) is 0 Å². The Hall–Kier alpha value is -2.81. The molecule has 0 radical (unpaired) electrons. The number of anilines is 1. The monoisotopic (exact) mass is 535 g/mol. The number of thioether (sulfide) groups is 1. The maximum Gasteiger partial charge on any atom is 0.247 e. The molecule has 2 fully saturated rings. The fourth-order valence-electron chi connectivity index (χ4n) is 5.00. The van der Waals surface area contributed by atoms with Gasteiger partial charge >= 0.3 is 0 Å². The molecule has 2 aromatic carbocycles. The second-order valence-electron chi connectivity index (χ2n) is 9.75. The van der Waals surface area contributed by atoms with E-state index >= 15 is 0 Å². The average Bonchev–Trinajstić information content (AvgIpc) is 3.72. The second-order valence-corrected chi connectivity index (χ2v) is 10.9. The fraction of sp³-hybridized carbons (Fsp3) is 0.467. The Balaban J connectivity index is 1.06. The number of ether oxygens (including phenoxy) is 3. The third-order valence-corrected chi connectivity index (χ3v) is 7.82. The standard InChI is InChI=1S/C30H37N3O4S/c1-2-15-30(35-18-19-36-30)16-6-7-24-14-17-33(22-24)26-12-10-25(11-13-26)29-32-31-28(37-29)23-38-21-20-34-27-8-4-3-5-9-27/h3-13,24H,2,14-23H2,1H3/b7-6+. The number of aromatic nitrogens is 2. The smallest absolute Gasteiger partial charge is 0.247 e. The highest BCUT2D eigenvalue weighted by Gasteiger charge is 2.34. The van der Waals surface area contributed by atoms with Crippen molar-refractivity contribution >= 4 is 17.4 Å². The fourth-order valence-corrected chi connectivity index (χ4v) is 5.64. The van der Waals surface area contributed by atoms with E-state index in [1.807, 2.05) is 30.3 Å². The summed E-state index contributed by atoms with van der Waals surface area (Å²) in [6.07, 6.45) is 8.61. The van der Waals surface area contributed by atoms with Gasteiger partial charge in [-0.3, -0.25) is 0 Å². The van der Waals surface area contributed by atoms with Gasteiger partial charge in [0.05, 0.1) is 25.6 Å². The van der Waals surface area contributed by atoms with Crippen LogP contribution in [0.15, 0.2) is 71.2 Å². The lowest BCUT2D eigenvalue weighted by Crippen LogP contribution is -2.29. The summed E-state index contributed by atoms with van der Waals surface area (Å²) < 4.78 is 23.5. The maximum atomic E-state index is 5.92. The van der Waals surface area contributed by atoms with Crippen LogP contribution in [0.3, 0.4) is 0 Å². The van der Waals surface area contributed by atoms with E-state index in [0.717, 1.165) is 55.8 Å². The van der Waals surface area contributed by atoms with Gasteiger partial charge in [-0.15, -0.1) is 22.0 Å². The molecule has 0 spiro atoms. The summed E-state index contributed by atoms with van der Waals surface area (Å²) in [5.41, 5.74) is 2.17. The lowest BCUT2D eigenvalue weighted by atomic mass is 10.0. The lowest BCUT2D eigenvalue weighted by Gasteiger charge is -2.25. The summed E-state index contributed by atoms with van der Waals surface area (Å²) in [4.78, 5) is 2.44. The van der Waals surface area contributed by atoms with Crippen LogP contribution in [-0.2, 0) is 15.2 Å². The molecule has 1 aromatic heterocycles. The van der Waals surface area contributed by atoms with Crippen LogP contribution in [0.2, 0.25) is 0 Å². The summed E-state index contributed by atoms with van der Waals surface area (Å²) in [5, 5.41) is 8.47. The Labute approximate surface area is 229 Å². The van der Waals surface area contributed by atoms with Crippen molar-refractivity contribution in [2.75, 3.05) is 43.6 Å². The Bertz CT molecular complexity index is 1150. The van der Waals surface area contributed by atoms with Crippen LogP contribution in [0.1, 0.15) is 38.5 Å².